The monoisotopic (exact) mass is 193 g/mol. The molecule has 3 nitrogen and oxygen atoms in total. The van der Waals surface area contributed by atoms with Gasteiger partial charge in [0.05, 0.1) is 24.9 Å². The molecule has 0 aliphatic heterocycles. The van der Waals surface area contributed by atoms with E-state index in [0.717, 1.165) is 0 Å². The number of ether oxygens (including phenoxy) is 1. The van der Waals surface area contributed by atoms with Crippen LogP contribution in [0.25, 0.3) is 0 Å². The molecule has 0 rings (SSSR count). The maximum absolute atomic E-state index is 8.79. The molecule has 0 bridgehead atoms. The second-order valence-electron chi connectivity index (χ2n) is 1.74. The molecule has 0 heterocycles. The Balaban J connectivity index is 3.15. The van der Waals surface area contributed by atoms with Crippen molar-refractivity contribution in [3.63, 3.8) is 0 Å². The molecule has 1 unspecified atom stereocenters. The normalized spacial score (nSPS) is 12.5. The Morgan fingerprint density at radius 3 is 3.09 bits per heavy atom. The van der Waals surface area contributed by atoms with Crippen molar-refractivity contribution in [2.45, 2.75) is 0 Å². The largest absolute Gasteiger partial charge is 0.375 e. The van der Waals surface area contributed by atoms with Crippen molar-refractivity contribution in [1.82, 2.24) is 0 Å². The lowest BCUT2D eigenvalue weighted by molar-refractivity contribution is 0.184. The highest BCUT2D eigenvalue weighted by molar-refractivity contribution is 8.09. The van der Waals surface area contributed by atoms with Gasteiger partial charge in [0.2, 0.25) is 0 Å². The highest BCUT2D eigenvalue weighted by Crippen LogP contribution is 1.92. The van der Waals surface area contributed by atoms with Crippen molar-refractivity contribution in [1.29, 1.82) is 0 Å². The smallest absolute Gasteiger partial charge is 0.0727 e. The van der Waals surface area contributed by atoms with Gasteiger partial charge in [0.25, 0.3) is 0 Å². The number of hydrogen-bond donors (Lipinski definition) is 1. The summed E-state index contributed by atoms with van der Waals surface area (Å²) < 4.78 is 13.9. The Morgan fingerprint density at radius 1 is 1.82 bits per heavy atom. The van der Waals surface area contributed by atoms with Crippen molar-refractivity contribution in [3.8, 4) is 0 Å². The van der Waals surface area contributed by atoms with Crippen LogP contribution >= 0.6 is 23.0 Å². The van der Waals surface area contributed by atoms with Gasteiger partial charge in [-0.2, -0.15) is 0 Å². The summed E-state index contributed by atoms with van der Waals surface area (Å²) in [7, 11) is -0.640. The Hall–Kier alpha value is -0.0600. The van der Waals surface area contributed by atoms with Gasteiger partial charge >= 0.3 is 0 Å². The van der Waals surface area contributed by atoms with Gasteiger partial charge in [-0.05, 0) is 17.6 Å². The molecule has 0 aromatic carbocycles. The zero-order chi connectivity index (χ0) is 8.53. The maximum Gasteiger partial charge on any atom is 0.0727 e. The summed E-state index contributed by atoms with van der Waals surface area (Å²) in [6.07, 6.45) is 1.71. The lowest BCUT2D eigenvalue weighted by Gasteiger charge is -1.96. The molecule has 0 aliphatic rings. The molecule has 0 radical (unpaired) electrons. The van der Waals surface area contributed by atoms with Gasteiger partial charge in [-0.15, -0.1) is 0 Å². The molecule has 5 heteroatoms. The Bertz CT molecular complexity index is 171. The van der Waals surface area contributed by atoms with E-state index in [1.807, 2.05) is 0 Å². The SMILES string of the molecule is C/S(O)=C/COCCN=C=S. The van der Waals surface area contributed by atoms with Crippen molar-refractivity contribution in [3.05, 3.63) is 0 Å². The molecule has 64 valence electrons. The summed E-state index contributed by atoms with van der Waals surface area (Å²) in [6, 6.07) is 0. The molecular weight excluding hydrogens is 182 g/mol. The van der Waals surface area contributed by atoms with Crippen LogP contribution in [0.2, 0.25) is 0 Å². The zero-order valence-electron chi connectivity index (χ0n) is 6.32. The number of nitrogens with zero attached hydrogens (tertiary/aromatic N) is 1. The number of rotatable bonds is 5. The van der Waals surface area contributed by atoms with E-state index < -0.39 is 10.8 Å². The first-order valence-electron chi connectivity index (χ1n) is 3.06. The molecular formula is C6H11NO2S2. The zero-order valence-corrected chi connectivity index (χ0v) is 7.95. The third-order valence-corrected chi connectivity index (χ3v) is 1.59. The minimum atomic E-state index is -0.640. The van der Waals surface area contributed by atoms with Crippen LogP contribution in [0.3, 0.4) is 0 Å². The Kier molecular flexibility index (Phi) is 8.00. The predicted molar refractivity (Wildman–Crippen MR) is 52.9 cm³/mol. The third kappa shape index (κ3) is 9.94. The van der Waals surface area contributed by atoms with Gasteiger partial charge in [-0.3, -0.25) is 0 Å². The highest BCUT2D eigenvalue weighted by atomic mass is 32.2. The van der Waals surface area contributed by atoms with Crippen molar-refractivity contribution in [2.75, 3.05) is 26.0 Å². The predicted octanol–water partition coefficient (Wildman–Crippen LogP) is 1.28. The average Bonchev–Trinajstić information content (AvgIpc) is 1.96. The fourth-order valence-electron chi connectivity index (χ4n) is 0.386. The maximum atomic E-state index is 8.79. The molecule has 0 spiro atoms. The van der Waals surface area contributed by atoms with Crippen LogP contribution < -0.4 is 0 Å². The summed E-state index contributed by atoms with van der Waals surface area (Å²) in [5.41, 5.74) is 0. The van der Waals surface area contributed by atoms with Crippen molar-refractivity contribution < 1.29 is 9.29 Å². The summed E-state index contributed by atoms with van der Waals surface area (Å²) in [4.78, 5) is 3.65. The molecule has 11 heavy (non-hydrogen) atoms. The molecule has 0 fully saturated rings. The van der Waals surface area contributed by atoms with Crippen LogP contribution in [0.15, 0.2) is 4.99 Å². The third-order valence-electron chi connectivity index (χ3n) is 0.839. The minimum absolute atomic E-state index is 0.461. The van der Waals surface area contributed by atoms with Gasteiger partial charge in [0, 0.05) is 6.26 Å². The van der Waals surface area contributed by atoms with E-state index in [-0.39, 0.29) is 0 Å². The fourth-order valence-corrected chi connectivity index (χ4v) is 0.770. The Labute approximate surface area is 74.2 Å². The van der Waals surface area contributed by atoms with Crippen molar-refractivity contribution >= 4 is 33.5 Å². The van der Waals surface area contributed by atoms with E-state index in [4.69, 9.17) is 9.29 Å². The van der Waals surface area contributed by atoms with E-state index in [2.05, 4.69) is 22.4 Å². The standard InChI is InChI=1S/C6H11NO2S2/c1-11(8)5-4-9-3-2-7-6-10/h5,8H,2-4H2,1H3. The van der Waals surface area contributed by atoms with Gasteiger partial charge in [0.15, 0.2) is 0 Å². The minimum Gasteiger partial charge on any atom is -0.375 e. The van der Waals surface area contributed by atoms with Gasteiger partial charge in [-0.1, -0.05) is 10.8 Å². The second-order valence-corrected chi connectivity index (χ2v) is 3.30. The van der Waals surface area contributed by atoms with Crippen LogP contribution in [0.5, 0.6) is 0 Å². The first-order chi connectivity index (χ1) is 5.27. The molecule has 0 amide bonds. The highest BCUT2D eigenvalue weighted by Gasteiger charge is 1.82. The first kappa shape index (κ1) is 10.9. The molecule has 0 saturated carbocycles. The molecule has 1 atom stereocenters. The summed E-state index contributed by atoms with van der Waals surface area (Å²) in [5, 5.41) is 3.93. The number of thiocarbonyl (C=S) groups is 1. The fraction of sp³-hybridized carbons (Fsp3) is 0.667. The number of isothiocyanates is 1. The van der Waals surface area contributed by atoms with Crippen LogP contribution in [0, 0.1) is 0 Å². The topological polar surface area (TPSA) is 41.8 Å². The second kappa shape index (κ2) is 8.04. The summed E-state index contributed by atoms with van der Waals surface area (Å²) in [5.74, 6) is 0. The lowest BCUT2D eigenvalue weighted by Crippen LogP contribution is -2.00. The Morgan fingerprint density at radius 2 is 2.55 bits per heavy atom. The first-order valence-corrected chi connectivity index (χ1v) is 5.12. The number of hydrogen-bond acceptors (Lipinski definition) is 4. The summed E-state index contributed by atoms with van der Waals surface area (Å²) >= 11 is 4.35. The lowest BCUT2D eigenvalue weighted by atomic mass is 10.7. The quantitative estimate of drug-likeness (QED) is 0.406. The van der Waals surface area contributed by atoms with Crippen LogP contribution in [-0.2, 0) is 4.74 Å². The van der Waals surface area contributed by atoms with E-state index in [1.165, 1.54) is 0 Å². The van der Waals surface area contributed by atoms with Gasteiger partial charge < -0.3 is 9.29 Å². The molecule has 0 aromatic heterocycles. The van der Waals surface area contributed by atoms with Crippen LogP contribution in [0.4, 0.5) is 0 Å². The summed E-state index contributed by atoms with van der Waals surface area (Å²) in [6.45, 7) is 1.53. The van der Waals surface area contributed by atoms with E-state index in [0.29, 0.717) is 19.8 Å². The molecule has 0 aliphatic carbocycles. The van der Waals surface area contributed by atoms with Crippen molar-refractivity contribution in [2.24, 2.45) is 4.99 Å². The molecule has 1 N–H and O–H groups in total. The van der Waals surface area contributed by atoms with Gasteiger partial charge in [0.1, 0.15) is 0 Å². The van der Waals surface area contributed by atoms with Crippen LogP contribution in [0.1, 0.15) is 0 Å². The van der Waals surface area contributed by atoms with E-state index in [1.54, 1.807) is 11.6 Å². The average molecular weight is 193 g/mol. The van der Waals surface area contributed by atoms with E-state index >= 15 is 0 Å². The van der Waals surface area contributed by atoms with Gasteiger partial charge in [-0.25, -0.2) is 4.99 Å². The number of aliphatic imine (C=N–C) groups is 1. The van der Waals surface area contributed by atoms with Crippen LogP contribution in [-0.4, -0.2) is 41.1 Å². The molecule has 0 aromatic rings. The molecule has 0 saturated heterocycles. The van der Waals surface area contributed by atoms with E-state index in [9.17, 15) is 0 Å².